The van der Waals surface area contributed by atoms with Crippen LogP contribution in [0.3, 0.4) is 0 Å². The van der Waals surface area contributed by atoms with Gasteiger partial charge >= 0.3 is 0 Å². The molecule has 0 bridgehead atoms. The lowest BCUT2D eigenvalue weighted by Gasteiger charge is -2.36. The van der Waals surface area contributed by atoms with Crippen LogP contribution in [0.15, 0.2) is 54.7 Å². The molecule has 2 aliphatic heterocycles. The molecule has 0 radical (unpaired) electrons. The number of piperazine rings is 1. The standard InChI is InChI=1S/C24H25ClFN5/c25-20-3-1-2-18(14-20)16-29-9-8-23-19(17-29)15-27-24(28-23)31-12-10-30(11-13-31)22-6-4-21(26)5-7-22/h1-7,14-15H,8-13,16-17H2. The van der Waals surface area contributed by atoms with E-state index in [1.165, 1.54) is 23.3 Å². The predicted octanol–water partition coefficient (Wildman–Crippen LogP) is 4.15. The molecule has 1 saturated heterocycles. The largest absolute Gasteiger partial charge is 0.368 e. The Labute approximate surface area is 187 Å². The number of hydrogen-bond acceptors (Lipinski definition) is 5. The van der Waals surface area contributed by atoms with E-state index in [0.717, 1.165) is 74.6 Å². The molecule has 0 saturated carbocycles. The smallest absolute Gasteiger partial charge is 0.225 e. The maximum Gasteiger partial charge on any atom is 0.225 e. The highest BCUT2D eigenvalue weighted by molar-refractivity contribution is 6.30. The van der Waals surface area contributed by atoms with Crippen LogP contribution in [-0.4, -0.2) is 47.6 Å². The van der Waals surface area contributed by atoms with E-state index in [1.54, 1.807) is 0 Å². The van der Waals surface area contributed by atoms with Crippen molar-refractivity contribution in [2.45, 2.75) is 19.5 Å². The van der Waals surface area contributed by atoms with E-state index in [0.29, 0.717) is 0 Å². The summed E-state index contributed by atoms with van der Waals surface area (Å²) in [4.78, 5) is 16.5. The van der Waals surface area contributed by atoms with Crippen LogP contribution in [0, 0.1) is 5.82 Å². The minimum Gasteiger partial charge on any atom is -0.368 e. The van der Waals surface area contributed by atoms with Gasteiger partial charge in [-0.2, -0.15) is 0 Å². The summed E-state index contributed by atoms with van der Waals surface area (Å²) in [6.45, 7) is 6.19. The van der Waals surface area contributed by atoms with Crippen molar-refractivity contribution in [1.82, 2.24) is 14.9 Å². The molecule has 0 unspecified atom stereocenters. The molecule has 0 N–H and O–H groups in total. The van der Waals surface area contributed by atoms with Crippen LogP contribution >= 0.6 is 11.6 Å². The van der Waals surface area contributed by atoms with Crippen molar-refractivity contribution in [3.8, 4) is 0 Å². The summed E-state index contributed by atoms with van der Waals surface area (Å²) in [5.74, 6) is 0.622. The van der Waals surface area contributed by atoms with E-state index in [2.05, 4.69) is 25.8 Å². The van der Waals surface area contributed by atoms with Gasteiger partial charge in [-0.25, -0.2) is 14.4 Å². The van der Waals surface area contributed by atoms with Crippen LogP contribution in [0.5, 0.6) is 0 Å². The van der Waals surface area contributed by atoms with Crippen molar-refractivity contribution < 1.29 is 4.39 Å². The Hall–Kier alpha value is -2.70. The molecule has 0 aliphatic carbocycles. The minimum atomic E-state index is -0.198. The molecule has 0 atom stereocenters. The summed E-state index contributed by atoms with van der Waals surface area (Å²) < 4.78 is 13.2. The third-order valence-electron chi connectivity index (χ3n) is 6.05. The van der Waals surface area contributed by atoms with Gasteiger partial charge in [0.25, 0.3) is 0 Å². The molecule has 0 amide bonds. The minimum absolute atomic E-state index is 0.198. The quantitative estimate of drug-likeness (QED) is 0.612. The van der Waals surface area contributed by atoms with E-state index in [-0.39, 0.29) is 5.82 Å². The van der Waals surface area contributed by atoms with Gasteiger partial charge in [-0.1, -0.05) is 23.7 Å². The Bertz CT molecular complexity index is 1050. The van der Waals surface area contributed by atoms with E-state index < -0.39 is 0 Å². The summed E-state index contributed by atoms with van der Waals surface area (Å²) in [6.07, 6.45) is 2.93. The predicted molar refractivity (Wildman–Crippen MR) is 122 cm³/mol. The maximum absolute atomic E-state index is 13.2. The third kappa shape index (κ3) is 4.65. The van der Waals surface area contributed by atoms with Crippen molar-refractivity contribution in [3.63, 3.8) is 0 Å². The van der Waals surface area contributed by atoms with Crippen LogP contribution < -0.4 is 9.80 Å². The fourth-order valence-electron chi connectivity index (χ4n) is 4.36. The van der Waals surface area contributed by atoms with Crippen molar-refractivity contribution in [3.05, 3.63) is 82.4 Å². The van der Waals surface area contributed by atoms with Gasteiger partial charge in [0, 0.05) is 74.7 Å². The van der Waals surface area contributed by atoms with Crippen LogP contribution in [0.25, 0.3) is 0 Å². The van der Waals surface area contributed by atoms with E-state index in [9.17, 15) is 4.39 Å². The van der Waals surface area contributed by atoms with Crippen LogP contribution in [0.4, 0.5) is 16.0 Å². The number of nitrogens with zero attached hydrogens (tertiary/aromatic N) is 5. The summed E-state index contributed by atoms with van der Waals surface area (Å²) in [5, 5.41) is 0.780. The molecule has 1 aromatic heterocycles. The Kier molecular flexibility index (Phi) is 5.74. The average Bonchev–Trinajstić information content (AvgIpc) is 2.79. The molecular formula is C24H25ClFN5. The van der Waals surface area contributed by atoms with Crippen molar-refractivity contribution in [2.24, 2.45) is 0 Å². The van der Waals surface area contributed by atoms with Crippen LogP contribution in [0.2, 0.25) is 5.02 Å². The Balaban J connectivity index is 1.21. The van der Waals surface area contributed by atoms with Gasteiger partial charge < -0.3 is 9.80 Å². The lowest BCUT2D eigenvalue weighted by Crippen LogP contribution is -2.47. The highest BCUT2D eigenvalue weighted by Gasteiger charge is 2.23. The highest BCUT2D eigenvalue weighted by atomic mass is 35.5. The lowest BCUT2D eigenvalue weighted by molar-refractivity contribution is 0.243. The van der Waals surface area contributed by atoms with E-state index in [1.807, 2.05) is 36.5 Å². The van der Waals surface area contributed by atoms with E-state index >= 15 is 0 Å². The number of halogens is 2. The highest BCUT2D eigenvalue weighted by Crippen LogP contribution is 2.23. The molecule has 5 rings (SSSR count). The first-order valence-electron chi connectivity index (χ1n) is 10.7. The SMILES string of the molecule is Fc1ccc(N2CCN(c3ncc4c(n3)CCN(Cc3cccc(Cl)c3)C4)CC2)cc1. The maximum atomic E-state index is 13.2. The zero-order valence-electron chi connectivity index (χ0n) is 17.3. The van der Waals surface area contributed by atoms with Gasteiger partial charge in [-0.05, 0) is 42.0 Å². The number of rotatable bonds is 4. The molecule has 0 spiro atoms. The van der Waals surface area contributed by atoms with Crippen LogP contribution in [0.1, 0.15) is 16.8 Å². The number of fused-ring (bicyclic) bond motifs is 1. The molecule has 3 aromatic rings. The second-order valence-electron chi connectivity index (χ2n) is 8.18. The molecule has 1 fully saturated rings. The van der Waals surface area contributed by atoms with Gasteiger partial charge in [0.15, 0.2) is 0 Å². The van der Waals surface area contributed by atoms with Gasteiger partial charge in [0.1, 0.15) is 5.82 Å². The van der Waals surface area contributed by atoms with Gasteiger partial charge in [-0.3, -0.25) is 4.90 Å². The van der Waals surface area contributed by atoms with Gasteiger partial charge in [-0.15, -0.1) is 0 Å². The molecule has 3 heterocycles. The molecule has 2 aromatic carbocycles. The van der Waals surface area contributed by atoms with Crippen molar-refractivity contribution in [2.75, 3.05) is 42.5 Å². The second kappa shape index (κ2) is 8.81. The fourth-order valence-corrected chi connectivity index (χ4v) is 4.57. The molecule has 160 valence electrons. The van der Waals surface area contributed by atoms with Crippen molar-refractivity contribution >= 4 is 23.2 Å². The van der Waals surface area contributed by atoms with Crippen LogP contribution in [-0.2, 0) is 19.5 Å². The Morgan fingerprint density at radius 3 is 2.48 bits per heavy atom. The first-order valence-corrected chi connectivity index (χ1v) is 11.1. The number of hydrogen-bond donors (Lipinski definition) is 0. The van der Waals surface area contributed by atoms with E-state index in [4.69, 9.17) is 16.6 Å². The fraction of sp³-hybridized carbons (Fsp3) is 0.333. The zero-order valence-corrected chi connectivity index (χ0v) is 18.1. The summed E-state index contributed by atoms with van der Waals surface area (Å²) >= 11 is 6.12. The van der Waals surface area contributed by atoms with Gasteiger partial charge in [0.05, 0.1) is 5.69 Å². The Morgan fingerprint density at radius 1 is 0.935 bits per heavy atom. The summed E-state index contributed by atoms with van der Waals surface area (Å²) in [5.41, 5.74) is 4.66. The van der Waals surface area contributed by atoms with Gasteiger partial charge in [0.2, 0.25) is 5.95 Å². The molecule has 5 nitrogen and oxygen atoms in total. The third-order valence-corrected chi connectivity index (χ3v) is 6.28. The first kappa shape index (κ1) is 20.2. The zero-order chi connectivity index (χ0) is 21.2. The number of anilines is 2. The molecule has 2 aliphatic rings. The summed E-state index contributed by atoms with van der Waals surface area (Å²) in [6, 6.07) is 14.8. The molecule has 7 heteroatoms. The lowest BCUT2D eigenvalue weighted by atomic mass is 10.1. The number of benzene rings is 2. The first-order chi connectivity index (χ1) is 15.1. The summed E-state index contributed by atoms with van der Waals surface area (Å²) in [7, 11) is 0. The van der Waals surface area contributed by atoms with Crippen molar-refractivity contribution in [1.29, 1.82) is 0 Å². The Morgan fingerprint density at radius 2 is 1.71 bits per heavy atom. The monoisotopic (exact) mass is 437 g/mol. The normalized spacial score (nSPS) is 17.0. The molecular weight excluding hydrogens is 413 g/mol. The number of aromatic nitrogens is 2. The topological polar surface area (TPSA) is 35.5 Å². The second-order valence-corrected chi connectivity index (χ2v) is 8.62. The average molecular weight is 438 g/mol. The molecule has 31 heavy (non-hydrogen) atoms.